The van der Waals surface area contributed by atoms with E-state index in [2.05, 4.69) is 30.7 Å². The zero-order valence-electron chi connectivity index (χ0n) is 11.5. The molecule has 8 nitrogen and oxygen atoms in total. The molecule has 0 saturated carbocycles. The molecule has 2 rings (SSSR count). The number of aryl methyl sites for hydroxylation is 1. The maximum Gasteiger partial charge on any atom is 0.231 e. The van der Waals surface area contributed by atoms with E-state index in [0.717, 1.165) is 5.69 Å². The standard InChI is InChI=1S/C11H18N8/c1-12-9-14-10(16-11(15-9)18(2)3)13-7-8-5-6-19(4)17-8/h5-6H,7H2,1-4H3,(H2,12,13,14,15,16). The van der Waals surface area contributed by atoms with Gasteiger partial charge >= 0.3 is 0 Å². The minimum Gasteiger partial charge on any atom is -0.357 e. The van der Waals surface area contributed by atoms with Crippen LogP contribution in [0.3, 0.4) is 0 Å². The van der Waals surface area contributed by atoms with E-state index in [1.807, 2.05) is 38.3 Å². The summed E-state index contributed by atoms with van der Waals surface area (Å²) in [6.45, 7) is 0.570. The molecule has 2 aromatic heterocycles. The summed E-state index contributed by atoms with van der Waals surface area (Å²) in [7, 11) is 7.43. The Bertz CT molecular complexity index is 547. The third-order valence-electron chi connectivity index (χ3n) is 2.44. The van der Waals surface area contributed by atoms with Crippen LogP contribution in [0.25, 0.3) is 0 Å². The quantitative estimate of drug-likeness (QED) is 0.803. The van der Waals surface area contributed by atoms with Crippen LogP contribution in [0.15, 0.2) is 12.3 Å². The Morgan fingerprint density at radius 2 is 1.95 bits per heavy atom. The van der Waals surface area contributed by atoms with Gasteiger partial charge in [0.05, 0.1) is 12.2 Å². The number of hydrogen-bond donors (Lipinski definition) is 2. The second kappa shape index (κ2) is 5.51. The van der Waals surface area contributed by atoms with Crippen molar-refractivity contribution < 1.29 is 0 Å². The van der Waals surface area contributed by atoms with E-state index in [1.165, 1.54) is 0 Å². The molecule has 0 fully saturated rings. The lowest BCUT2D eigenvalue weighted by molar-refractivity contribution is 0.746. The Hall–Kier alpha value is -2.38. The van der Waals surface area contributed by atoms with Gasteiger partial charge in [-0.25, -0.2) is 0 Å². The summed E-state index contributed by atoms with van der Waals surface area (Å²) in [6, 6.07) is 1.94. The number of hydrogen-bond acceptors (Lipinski definition) is 7. The fourth-order valence-electron chi connectivity index (χ4n) is 1.48. The van der Waals surface area contributed by atoms with Crippen LogP contribution in [0.4, 0.5) is 17.8 Å². The van der Waals surface area contributed by atoms with Crippen molar-refractivity contribution in [1.29, 1.82) is 0 Å². The highest BCUT2D eigenvalue weighted by atomic mass is 15.3. The lowest BCUT2D eigenvalue weighted by atomic mass is 10.4. The highest BCUT2D eigenvalue weighted by Crippen LogP contribution is 2.11. The van der Waals surface area contributed by atoms with Gasteiger partial charge in [-0.3, -0.25) is 4.68 Å². The first-order valence-electron chi connectivity index (χ1n) is 5.92. The second-order valence-electron chi connectivity index (χ2n) is 4.26. The van der Waals surface area contributed by atoms with Gasteiger partial charge in [0, 0.05) is 34.4 Å². The summed E-state index contributed by atoms with van der Waals surface area (Å²) in [6.07, 6.45) is 1.90. The Labute approximate surface area is 111 Å². The average Bonchev–Trinajstić information content (AvgIpc) is 2.81. The van der Waals surface area contributed by atoms with Crippen LogP contribution in [-0.4, -0.2) is 45.9 Å². The van der Waals surface area contributed by atoms with E-state index >= 15 is 0 Å². The first-order chi connectivity index (χ1) is 9.08. The van der Waals surface area contributed by atoms with Crippen LogP contribution in [0.2, 0.25) is 0 Å². The van der Waals surface area contributed by atoms with Gasteiger partial charge in [-0.1, -0.05) is 0 Å². The largest absolute Gasteiger partial charge is 0.357 e. The zero-order chi connectivity index (χ0) is 13.8. The summed E-state index contributed by atoms with van der Waals surface area (Å²) in [4.78, 5) is 14.6. The van der Waals surface area contributed by atoms with Crippen LogP contribution in [0.5, 0.6) is 0 Å². The fraction of sp³-hybridized carbons (Fsp3) is 0.455. The molecule has 2 heterocycles. The number of anilines is 3. The molecule has 0 unspecified atom stereocenters. The number of nitrogens with one attached hydrogen (secondary N) is 2. The molecular formula is C11H18N8. The number of nitrogens with zero attached hydrogens (tertiary/aromatic N) is 6. The second-order valence-corrected chi connectivity index (χ2v) is 4.26. The summed E-state index contributed by atoms with van der Waals surface area (Å²) in [5, 5.41) is 10.3. The molecule has 19 heavy (non-hydrogen) atoms. The van der Waals surface area contributed by atoms with Crippen molar-refractivity contribution in [3.63, 3.8) is 0 Å². The highest BCUT2D eigenvalue weighted by molar-refractivity contribution is 5.42. The van der Waals surface area contributed by atoms with Crippen LogP contribution in [0.1, 0.15) is 5.69 Å². The van der Waals surface area contributed by atoms with E-state index in [0.29, 0.717) is 24.4 Å². The maximum absolute atomic E-state index is 4.32. The SMILES string of the molecule is CNc1nc(NCc2ccn(C)n2)nc(N(C)C)n1. The molecular weight excluding hydrogens is 244 g/mol. The van der Waals surface area contributed by atoms with Crippen molar-refractivity contribution in [2.75, 3.05) is 36.7 Å². The molecule has 0 aliphatic carbocycles. The van der Waals surface area contributed by atoms with E-state index in [4.69, 9.17) is 0 Å². The Morgan fingerprint density at radius 1 is 1.21 bits per heavy atom. The molecule has 2 N–H and O–H groups in total. The van der Waals surface area contributed by atoms with Crippen LogP contribution < -0.4 is 15.5 Å². The summed E-state index contributed by atoms with van der Waals surface area (Å²) in [5.74, 6) is 1.65. The molecule has 0 aromatic carbocycles. The normalized spacial score (nSPS) is 10.3. The van der Waals surface area contributed by atoms with Gasteiger partial charge < -0.3 is 15.5 Å². The topological polar surface area (TPSA) is 83.8 Å². The molecule has 0 amide bonds. The molecule has 0 atom stereocenters. The van der Waals surface area contributed by atoms with Crippen LogP contribution >= 0.6 is 0 Å². The summed E-state index contributed by atoms with van der Waals surface area (Å²) < 4.78 is 1.76. The van der Waals surface area contributed by atoms with Crippen molar-refractivity contribution in [2.45, 2.75) is 6.54 Å². The van der Waals surface area contributed by atoms with E-state index in [1.54, 1.807) is 11.7 Å². The van der Waals surface area contributed by atoms with Gasteiger partial charge in [-0.2, -0.15) is 20.1 Å². The summed E-state index contributed by atoms with van der Waals surface area (Å²) >= 11 is 0. The molecule has 0 saturated heterocycles. The van der Waals surface area contributed by atoms with Crippen molar-refractivity contribution in [2.24, 2.45) is 7.05 Å². The van der Waals surface area contributed by atoms with Crippen molar-refractivity contribution >= 4 is 17.8 Å². The van der Waals surface area contributed by atoms with Crippen molar-refractivity contribution in [1.82, 2.24) is 24.7 Å². The number of aromatic nitrogens is 5. The van der Waals surface area contributed by atoms with Gasteiger partial charge in [0.2, 0.25) is 17.8 Å². The van der Waals surface area contributed by atoms with Gasteiger partial charge in [-0.15, -0.1) is 0 Å². The average molecular weight is 262 g/mol. The summed E-state index contributed by atoms with van der Waals surface area (Å²) in [5.41, 5.74) is 0.931. The molecule has 0 aliphatic heterocycles. The first-order valence-corrected chi connectivity index (χ1v) is 5.92. The Morgan fingerprint density at radius 3 is 2.53 bits per heavy atom. The fourth-order valence-corrected chi connectivity index (χ4v) is 1.48. The Kier molecular flexibility index (Phi) is 3.79. The monoisotopic (exact) mass is 262 g/mol. The molecule has 8 heteroatoms. The van der Waals surface area contributed by atoms with Gasteiger partial charge in [0.15, 0.2) is 0 Å². The predicted octanol–water partition coefficient (Wildman–Crippen LogP) is 0.325. The lowest BCUT2D eigenvalue weighted by Gasteiger charge is -2.12. The van der Waals surface area contributed by atoms with Gasteiger partial charge in [0.25, 0.3) is 0 Å². The minimum absolute atomic E-state index is 0.522. The Balaban J connectivity index is 2.12. The van der Waals surface area contributed by atoms with Crippen LogP contribution in [-0.2, 0) is 13.6 Å². The molecule has 0 radical (unpaired) electrons. The predicted molar refractivity (Wildman–Crippen MR) is 74.2 cm³/mol. The molecule has 0 bridgehead atoms. The zero-order valence-corrected chi connectivity index (χ0v) is 11.5. The molecule has 0 aliphatic rings. The molecule has 102 valence electrons. The third kappa shape index (κ3) is 3.30. The highest BCUT2D eigenvalue weighted by Gasteiger charge is 2.07. The van der Waals surface area contributed by atoms with Crippen molar-refractivity contribution in [3.05, 3.63) is 18.0 Å². The van der Waals surface area contributed by atoms with Crippen LogP contribution in [0, 0.1) is 0 Å². The van der Waals surface area contributed by atoms with E-state index in [-0.39, 0.29) is 0 Å². The first kappa shape index (κ1) is 13.1. The number of rotatable bonds is 5. The van der Waals surface area contributed by atoms with E-state index in [9.17, 15) is 0 Å². The minimum atomic E-state index is 0.522. The lowest BCUT2D eigenvalue weighted by Crippen LogP contribution is -2.16. The van der Waals surface area contributed by atoms with E-state index < -0.39 is 0 Å². The van der Waals surface area contributed by atoms with Gasteiger partial charge in [-0.05, 0) is 6.07 Å². The van der Waals surface area contributed by atoms with Crippen molar-refractivity contribution in [3.8, 4) is 0 Å². The molecule has 0 spiro atoms. The third-order valence-corrected chi connectivity index (χ3v) is 2.44. The smallest absolute Gasteiger partial charge is 0.231 e. The van der Waals surface area contributed by atoms with Gasteiger partial charge in [0.1, 0.15) is 0 Å². The maximum atomic E-state index is 4.32. The molecule has 2 aromatic rings.